The lowest BCUT2D eigenvalue weighted by molar-refractivity contribution is -0.138. The van der Waals surface area contributed by atoms with Gasteiger partial charge >= 0.3 is 6.18 Å². The molecule has 0 bridgehead atoms. The van der Waals surface area contributed by atoms with E-state index in [-0.39, 0.29) is 35.6 Å². The number of nitrogens with one attached hydrogen (secondary N) is 1. The molecule has 0 saturated carbocycles. The average Bonchev–Trinajstić information content (AvgIpc) is 3.41. The number of benzene rings is 2. The fourth-order valence-corrected chi connectivity index (χ4v) is 3.90. The number of nitrogens with two attached hydrogens (primary N) is 1. The maximum absolute atomic E-state index is 13.7. The van der Waals surface area contributed by atoms with E-state index in [4.69, 9.17) is 43.6 Å². The Labute approximate surface area is 243 Å². The summed E-state index contributed by atoms with van der Waals surface area (Å²) in [6.45, 7) is 8.13. The molecule has 2 unspecified atom stereocenters. The quantitative estimate of drug-likeness (QED) is 0.122. The lowest BCUT2D eigenvalue weighted by atomic mass is 10.0. The predicted molar refractivity (Wildman–Crippen MR) is 154 cm³/mol. The molecule has 1 heterocycles. The SMILES string of the molecule is CCC(C)C(=N)N.CCCCC(C)c1nc(-c2ccc(OCCCc3ccc(Cl)c(Cl)c3)c(C(F)(F)F)c2)no1. The lowest BCUT2D eigenvalue weighted by Crippen LogP contribution is -2.18. The van der Waals surface area contributed by atoms with Crippen LogP contribution in [-0.2, 0) is 12.6 Å². The number of alkyl halides is 3. The van der Waals surface area contributed by atoms with E-state index in [9.17, 15) is 13.2 Å². The van der Waals surface area contributed by atoms with Crippen LogP contribution in [0.15, 0.2) is 40.9 Å². The van der Waals surface area contributed by atoms with E-state index < -0.39 is 11.7 Å². The fourth-order valence-electron chi connectivity index (χ4n) is 3.58. The van der Waals surface area contributed by atoms with Crippen molar-refractivity contribution in [3.8, 4) is 17.1 Å². The summed E-state index contributed by atoms with van der Waals surface area (Å²) in [7, 11) is 0. The first kappa shape index (κ1) is 33.4. The zero-order valence-corrected chi connectivity index (χ0v) is 24.8. The minimum absolute atomic E-state index is 0.0476. The third kappa shape index (κ3) is 10.3. The molecule has 6 nitrogen and oxygen atoms in total. The summed E-state index contributed by atoms with van der Waals surface area (Å²) in [6, 6.07) is 9.06. The highest BCUT2D eigenvalue weighted by Gasteiger charge is 2.35. The van der Waals surface area contributed by atoms with Crippen LogP contribution >= 0.6 is 23.2 Å². The summed E-state index contributed by atoms with van der Waals surface area (Å²) < 4.78 is 51.9. The van der Waals surface area contributed by atoms with Crippen LogP contribution in [0.2, 0.25) is 10.0 Å². The second kappa shape index (κ2) is 15.9. The number of rotatable bonds is 12. The van der Waals surface area contributed by atoms with Gasteiger partial charge in [-0.25, -0.2) is 0 Å². The van der Waals surface area contributed by atoms with Crippen molar-refractivity contribution in [1.29, 1.82) is 5.41 Å². The number of amidine groups is 1. The number of unbranched alkanes of at least 4 members (excludes halogenated alkanes) is 1. The van der Waals surface area contributed by atoms with Gasteiger partial charge in [-0.2, -0.15) is 18.2 Å². The van der Waals surface area contributed by atoms with Gasteiger partial charge in [0.15, 0.2) is 0 Å². The largest absolute Gasteiger partial charge is 0.493 e. The summed E-state index contributed by atoms with van der Waals surface area (Å²) in [5, 5.41) is 11.6. The molecule has 0 radical (unpaired) electrons. The Bertz CT molecular complexity index is 1230. The molecule has 3 aromatic rings. The van der Waals surface area contributed by atoms with Crippen LogP contribution in [0, 0.1) is 11.3 Å². The Kier molecular flexibility index (Phi) is 13.3. The molecule has 2 aromatic carbocycles. The first-order valence-electron chi connectivity index (χ1n) is 13.3. The van der Waals surface area contributed by atoms with E-state index in [0.717, 1.165) is 37.3 Å². The number of ether oxygens (including phenoxy) is 1. The van der Waals surface area contributed by atoms with Gasteiger partial charge in [0.1, 0.15) is 5.75 Å². The Balaban J connectivity index is 0.000000708. The smallest absolute Gasteiger partial charge is 0.419 e. The first-order valence-corrected chi connectivity index (χ1v) is 14.1. The van der Waals surface area contributed by atoms with Gasteiger partial charge in [0.2, 0.25) is 11.7 Å². The van der Waals surface area contributed by atoms with Gasteiger partial charge < -0.3 is 15.0 Å². The number of hydrogen-bond acceptors (Lipinski definition) is 5. The van der Waals surface area contributed by atoms with Gasteiger partial charge in [0, 0.05) is 17.4 Å². The molecule has 0 spiro atoms. The molecular weight excluding hydrogens is 564 g/mol. The average molecular weight is 602 g/mol. The normalized spacial score (nSPS) is 12.8. The van der Waals surface area contributed by atoms with Crippen molar-refractivity contribution in [2.75, 3.05) is 6.61 Å². The Morgan fingerprint density at radius 1 is 1.07 bits per heavy atom. The highest BCUT2D eigenvalue weighted by atomic mass is 35.5. The van der Waals surface area contributed by atoms with Gasteiger partial charge in [-0.3, -0.25) is 5.41 Å². The van der Waals surface area contributed by atoms with Gasteiger partial charge in [-0.05, 0) is 61.6 Å². The Morgan fingerprint density at radius 3 is 2.38 bits per heavy atom. The van der Waals surface area contributed by atoms with Gasteiger partial charge in [0.05, 0.1) is 28.1 Å². The van der Waals surface area contributed by atoms with Crippen LogP contribution in [0.25, 0.3) is 11.4 Å². The Hall–Kier alpha value is -2.78. The molecule has 1 aromatic heterocycles. The molecule has 220 valence electrons. The molecule has 11 heteroatoms. The van der Waals surface area contributed by atoms with E-state index in [2.05, 4.69) is 17.1 Å². The summed E-state index contributed by atoms with van der Waals surface area (Å²) in [5.74, 6) is 0.925. The minimum atomic E-state index is -4.59. The first-order chi connectivity index (χ1) is 18.9. The third-order valence-electron chi connectivity index (χ3n) is 6.39. The predicted octanol–water partition coefficient (Wildman–Crippen LogP) is 9.34. The van der Waals surface area contributed by atoms with E-state index >= 15 is 0 Å². The fraction of sp³-hybridized carbons (Fsp3) is 0.483. The number of nitrogens with zero attached hydrogens (tertiary/aromatic N) is 2. The van der Waals surface area contributed by atoms with Gasteiger partial charge in [-0.15, -0.1) is 0 Å². The zero-order valence-electron chi connectivity index (χ0n) is 23.2. The van der Waals surface area contributed by atoms with Crippen LogP contribution < -0.4 is 10.5 Å². The molecule has 2 atom stereocenters. The van der Waals surface area contributed by atoms with Crippen molar-refractivity contribution >= 4 is 29.0 Å². The molecule has 3 N–H and O–H groups in total. The highest BCUT2D eigenvalue weighted by molar-refractivity contribution is 6.42. The summed E-state index contributed by atoms with van der Waals surface area (Å²) >= 11 is 11.9. The number of aromatic nitrogens is 2. The van der Waals surface area contributed by atoms with Crippen molar-refractivity contribution < 1.29 is 22.4 Å². The molecule has 0 fully saturated rings. The number of halogens is 5. The van der Waals surface area contributed by atoms with E-state index in [0.29, 0.717) is 34.6 Å². The summed E-state index contributed by atoms with van der Waals surface area (Å²) in [4.78, 5) is 4.30. The summed E-state index contributed by atoms with van der Waals surface area (Å²) in [5.41, 5.74) is 5.41. The van der Waals surface area contributed by atoms with Crippen molar-refractivity contribution in [1.82, 2.24) is 10.1 Å². The molecule has 0 amide bonds. The van der Waals surface area contributed by atoms with Crippen LogP contribution in [0.3, 0.4) is 0 Å². The van der Waals surface area contributed by atoms with Crippen molar-refractivity contribution in [3.63, 3.8) is 0 Å². The zero-order chi connectivity index (χ0) is 29.9. The van der Waals surface area contributed by atoms with Crippen LogP contribution in [0.4, 0.5) is 13.2 Å². The third-order valence-corrected chi connectivity index (χ3v) is 7.13. The van der Waals surface area contributed by atoms with Gasteiger partial charge in [0.25, 0.3) is 0 Å². The summed E-state index contributed by atoms with van der Waals surface area (Å²) in [6.07, 6.45) is 0.411. The van der Waals surface area contributed by atoms with Crippen LogP contribution in [0.1, 0.15) is 82.7 Å². The van der Waals surface area contributed by atoms with E-state index in [1.807, 2.05) is 26.8 Å². The minimum Gasteiger partial charge on any atom is -0.493 e. The van der Waals surface area contributed by atoms with E-state index in [1.165, 1.54) is 12.1 Å². The van der Waals surface area contributed by atoms with Crippen LogP contribution in [0.5, 0.6) is 5.75 Å². The standard InChI is InChI=1S/C24H25Cl2F3N2O2.C5H12N2/c1-3-4-6-15(2)23-30-22(31-33-23)17-9-11-21(18(14-17)24(27,28)29)32-12-5-7-16-8-10-19(25)20(26)13-16;1-3-4(2)5(6)7/h8-11,13-15H,3-7,12H2,1-2H3;4H,3H2,1-2H3,(H3,6,7). The van der Waals surface area contributed by atoms with Crippen molar-refractivity contribution in [2.45, 2.75) is 78.3 Å². The van der Waals surface area contributed by atoms with Crippen LogP contribution in [-0.4, -0.2) is 22.6 Å². The Morgan fingerprint density at radius 2 is 1.80 bits per heavy atom. The second-order valence-electron chi connectivity index (χ2n) is 9.67. The molecule has 0 aliphatic heterocycles. The molecule has 0 aliphatic rings. The lowest BCUT2D eigenvalue weighted by Gasteiger charge is -2.15. The molecule has 3 rings (SSSR count). The maximum atomic E-state index is 13.7. The molecule has 0 saturated heterocycles. The van der Waals surface area contributed by atoms with E-state index in [1.54, 1.807) is 12.1 Å². The van der Waals surface area contributed by atoms with Crippen molar-refractivity contribution in [2.24, 2.45) is 11.7 Å². The number of aryl methyl sites for hydroxylation is 1. The molecule has 0 aliphatic carbocycles. The maximum Gasteiger partial charge on any atom is 0.419 e. The highest BCUT2D eigenvalue weighted by Crippen LogP contribution is 2.38. The second-order valence-corrected chi connectivity index (χ2v) is 10.5. The van der Waals surface area contributed by atoms with Crippen molar-refractivity contribution in [3.05, 3.63) is 63.5 Å². The topological polar surface area (TPSA) is 98.0 Å². The molecular formula is C29H37Cl2F3N4O2. The monoisotopic (exact) mass is 600 g/mol. The molecule has 40 heavy (non-hydrogen) atoms. The van der Waals surface area contributed by atoms with Gasteiger partial charge in [-0.1, -0.05) is 75.0 Å². The number of hydrogen-bond donors (Lipinski definition) is 2.